The molecule has 3 heteroatoms. The van der Waals surface area contributed by atoms with Crippen LogP contribution in [0.25, 0.3) is 0 Å². The van der Waals surface area contributed by atoms with Crippen molar-refractivity contribution >= 4 is 5.78 Å². The van der Waals surface area contributed by atoms with E-state index < -0.39 is 11.0 Å². The van der Waals surface area contributed by atoms with Crippen LogP contribution in [-0.2, 0) is 4.79 Å². The van der Waals surface area contributed by atoms with Crippen molar-refractivity contribution in [1.29, 1.82) is 0 Å². The third-order valence-corrected chi connectivity index (χ3v) is 5.43. The molecule has 1 saturated carbocycles. The first-order valence-corrected chi connectivity index (χ1v) is 8.50. The molecule has 3 nitrogen and oxygen atoms in total. The van der Waals surface area contributed by atoms with Crippen LogP contribution < -0.4 is 0 Å². The Balaban J connectivity index is 2.52. The zero-order chi connectivity index (χ0) is 17.3. The van der Waals surface area contributed by atoms with Gasteiger partial charge in [-0.05, 0) is 49.8 Å². The molecule has 126 valence electrons. The predicted octanol–water partition coefficient (Wildman–Crippen LogP) is 3.17. The van der Waals surface area contributed by atoms with Crippen LogP contribution in [0.15, 0.2) is 22.8 Å². The zero-order valence-electron chi connectivity index (χ0n) is 14.7. The summed E-state index contributed by atoms with van der Waals surface area (Å²) in [5.74, 6) is 6.43. The molecule has 1 fully saturated rings. The number of aliphatic hydroxyl groups excluding tert-OH is 1. The summed E-state index contributed by atoms with van der Waals surface area (Å²) in [5, 5.41) is 20.3. The van der Waals surface area contributed by atoms with Crippen molar-refractivity contribution in [3.63, 3.8) is 0 Å². The number of hydrogen-bond donors (Lipinski definition) is 2. The topological polar surface area (TPSA) is 57.5 Å². The van der Waals surface area contributed by atoms with Crippen molar-refractivity contribution in [3.8, 4) is 11.8 Å². The molecular formula is C20H28O3. The van der Waals surface area contributed by atoms with Gasteiger partial charge in [0.25, 0.3) is 0 Å². The Hall–Kier alpha value is -1.37. The molecule has 2 rings (SSSR count). The van der Waals surface area contributed by atoms with Crippen LogP contribution in [0.2, 0.25) is 0 Å². The van der Waals surface area contributed by atoms with E-state index in [1.54, 1.807) is 6.08 Å². The van der Waals surface area contributed by atoms with Crippen LogP contribution in [0, 0.1) is 23.2 Å². The fraction of sp³-hybridized carbons (Fsp3) is 0.650. The van der Waals surface area contributed by atoms with Crippen LogP contribution in [0.4, 0.5) is 0 Å². The van der Waals surface area contributed by atoms with Crippen LogP contribution in [0.3, 0.4) is 0 Å². The molecule has 0 aromatic rings. The van der Waals surface area contributed by atoms with Gasteiger partial charge in [-0.25, -0.2) is 0 Å². The Morgan fingerprint density at radius 2 is 1.96 bits per heavy atom. The highest BCUT2D eigenvalue weighted by molar-refractivity contribution is 5.99. The average Bonchev–Trinajstić information content (AvgIpc) is 2.97. The lowest BCUT2D eigenvalue weighted by molar-refractivity contribution is -0.123. The SMILES string of the molecule is CC1=C(C2CCCC2)C(=O)CC(C)(C)C1(O)C#C/C(C)=C\CO. The molecule has 0 aromatic heterocycles. The third kappa shape index (κ3) is 3.29. The van der Waals surface area contributed by atoms with Crippen LogP contribution in [-0.4, -0.2) is 28.2 Å². The first-order chi connectivity index (χ1) is 10.7. The van der Waals surface area contributed by atoms with Crippen molar-refractivity contribution in [2.75, 3.05) is 6.61 Å². The van der Waals surface area contributed by atoms with Gasteiger partial charge in [0, 0.05) is 17.4 Å². The first kappa shape index (κ1) is 18.0. The van der Waals surface area contributed by atoms with Crippen LogP contribution in [0.5, 0.6) is 0 Å². The molecule has 0 bridgehead atoms. The number of rotatable bonds is 2. The third-order valence-electron chi connectivity index (χ3n) is 5.43. The minimum atomic E-state index is -1.30. The fourth-order valence-corrected chi connectivity index (χ4v) is 3.92. The van der Waals surface area contributed by atoms with Gasteiger partial charge in [-0.3, -0.25) is 4.79 Å². The van der Waals surface area contributed by atoms with Crippen molar-refractivity contribution < 1.29 is 15.0 Å². The van der Waals surface area contributed by atoms with E-state index in [0.717, 1.165) is 42.4 Å². The molecule has 23 heavy (non-hydrogen) atoms. The van der Waals surface area contributed by atoms with Crippen molar-refractivity contribution in [1.82, 2.24) is 0 Å². The zero-order valence-corrected chi connectivity index (χ0v) is 14.7. The van der Waals surface area contributed by atoms with Gasteiger partial charge in [-0.15, -0.1) is 0 Å². The smallest absolute Gasteiger partial charge is 0.159 e. The first-order valence-electron chi connectivity index (χ1n) is 8.50. The molecule has 0 spiro atoms. The van der Waals surface area contributed by atoms with E-state index in [-0.39, 0.29) is 18.3 Å². The van der Waals surface area contributed by atoms with Gasteiger partial charge < -0.3 is 10.2 Å². The summed E-state index contributed by atoms with van der Waals surface area (Å²) >= 11 is 0. The lowest BCUT2D eigenvalue weighted by Gasteiger charge is -2.45. The Morgan fingerprint density at radius 1 is 1.35 bits per heavy atom. The van der Waals surface area contributed by atoms with Crippen molar-refractivity contribution in [2.24, 2.45) is 11.3 Å². The van der Waals surface area contributed by atoms with Crippen LogP contribution >= 0.6 is 0 Å². The lowest BCUT2D eigenvalue weighted by atomic mass is 9.61. The van der Waals surface area contributed by atoms with E-state index >= 15 is 0 Å². The Labute approximate surface area is 139 Å². The lowest BCUT2D eigenvalue weighted by Crippen LogP contribution is -2.50. The second-order valence-electron chi connectivity index (χ2n) is 7.53. The molecule has 0 aromatic carbocycles. The minimum Gasteiger partial charge on any atom is -0.392 e. The second kappa shape index (κ2) is 6.63. The van der Waals surface area contributed by atoms with E-state index in [1.165, 1.54) is 0 Å². The van der Waals surface area contributed by atoms with Gasteiger partial charge in [0.1, 0.15) is 0 Å². The fourth-order valence-electron chi connectivity index (χ4n) is 3.92. The van der Waals surface area contributed by atoms with E-state index in [2.05, 4.69) is 11.8 Å². The number of carbonyl (C=O) groups is 1. The number of Topliss-reactive ketones (excluding diaryl/α,β-unsaturated/α-hetero) is 1. The van der Waals surface area contributed by atoms with Gasteiger partial charge in [0.05, 0.1) is 6.61 Å². The molecule has 1 atom stereocenters. The summed E-state index contributed by atoms with van der Waals surface area (Å²) in [6, 6.07) is 0. The molecular weight excluding hydrogens is 288 g/mol. The summed E-state index contributed by atoms with van der Waals surface area (Å²) in [7, 11) is 0. The van der Waals surface area contributed by atoms with Crippen molar-refractivity contribution in [3.05, 3.63) is 22.8 Å². The molecule has 0 radical (unpaired) electrons. The maximum atomic E-state index is 12.7. The van der Waals surface area contributed by atoms with Gasteiger partial charge in [-0.2, -0.15) is 0 Å². The number of hydrogen-bond acceptors (Lipinski definition) is 3. The summed E-state index contributed by atoms with van der Waals surface area (Å²) in [6.45, 7) is 7.42. The summed E-state index contributed by atoms with van der Waals surface area (Å²) in [6.07, 6.45) is 6.32. The van der Waals surface area contributed by atoms with Crippen molar-refractivity contribution in [2.45, 2.75) is 65.4 Å². The monoisotopic (exact) mass is 316 g/mol. The summed E-state index contributed by atoms with van der Waals surface area (Å²) in [5.41, 5.74) is 0.354. The van der Waals surface area contributed by atoms with Gasteiger partial charge >= 0.3 is 0 Å². The number of aliphatic hydroxyl groups is 2. The number of carbonyl (C=O) groups excluding carboxylic acids is 1. The standard InChI is InChI=1S/C20H28O3/c1-14(10-12-21)9-11-20(23)15(2)18(16-7-5-6-8-16)17(22)13-19(20,3)4/h10,16,21,23H,5-8,12-13H2,1-4H3/b14-10-. The maximum Gasteiger partial charge on any atom is 0.159 e. The Bertz CT molecular complexity index is 607. The molecule has 0 saturated heterocycles. The quantitative estimate of drug-likeness (QED) is 0.769. The Morgan fingerprint density at radius 3 is 2.52 bits per heavy atom. The minimum absolute atomic E-state index is 0.0665. The van der Waals surface area contributed by atoms with E-state index in [0.29, 0.717) is 6.42 Å². The van der Waals surface area contributed by atoms with E-state index in [1.807, 2.05) is 27.7 Å². The van der Waals surface area contributed by atoms with E-state index in [4.69, 9.17) is 5.11 Å². The highest BCUT2D eigenvalue weighted by Crippen LogP contribution is 2.48. The predicted molar refractivity (Wildman–Crippen MR) is 91.6 cm³/mol. The number of allylic oxidation sites excluding steroid dienone is 2. The van der Waals surface area contributed by atoms with Gasteiger partial charge in [0.15, 0.2) is 11.4 Å². The molecule has 2 aliphatic carbocycles. The molecule has 2 N–H and O–H groups in total. The highest BCUT2D eigenvalue weighted by Gasteiger charge is 2.51. The normalized spacial score (nSPS) is 28.8. The Kier molecular flexibility index (Phi) is 5.18. The molecule has 0 amide bonds. The molecule has 1 unspecified atom stereocenters. The van der Waals surface area contributed by atoms with Crippen LogP contribution in [0.1, 0.15) is 59.8 Å². The molecule has 0 heterocycles. The average molecular weight is 316 g/mol. The van der Waals surface area contributed by atoms with Gasteiger partial charge in [0.2, 0.25) is 0 Å². The largest absolute Gasteiger partial charge is 0.392 e. The maximum absolute atomic E-state index is 12.7. The van der Waals surface area contributed by atoms with E-state index in [9.17, 15) is 9.90 Å². The molecule has 0 aliphatic heterocycles. The molecule has 2 aliphatic rings. The summed E-state index contributed by atoms with van der Waals surface area (Å²) < 4.78 is 0. The second-order valence-corrected chi connectivity index (χ2v) is 7.53. The van der Waals surface area contributed by atoms with Gasteiger partial charge in [-0.1, -0.05) is 38.5 Å². The highest BCUT2D eigenvalue weighted by atomic mass is 16.3. The number of ketones is 1. The summed E-state index contributed by atoms with van der Waals surface area (Å²) in [4.78, 5) is 12.7.